The van der Waals surface area contributed by atoms with E-state index in [1.165, 1.54) is 22.3 Å². The Kier molecular flexibility index (Phi) is 5.79. The van der Waals surface area contributed by atoms with E-state index in [0.717, 1.165) is 12.8 Å². The first-order valence-electron chi connectivity index (χ1n) is 7.76. The van der Waals surface area contributed by atoms with Gasteiger partial charge < -0.3 is 10.2 Å². The zero-order chi connectivity index (χ0) is 15.5. The summed E-state index contributed by atoms with van der Waals surface area (Å²) in [6.45, 7) is 11.2. The van der Waals surface area contributed by atoms with Crippen LogP contribution in [0.25, 0.3) is 0 Å². The molecule has 1 aromatic carbocycles. The van der Waals surface area contributed by atoms with Crippen LogP contribution >= 0.6 is 0 Å². The predicted molar refractivity (Wildman–Crippen MR) is 89.5 cm³/mol. The van der Waals surface area contributed by atoms with Gasteiger partial charge in [-0.1, -0.05) is 26.0 Å². The molecule has 0 amide bonds. The van der Waals surface area contributed by atoms with Gasteiger partial charge in [0, 0.05) is 5.54 Å². The number of aryl methyl sites for hydroxylation is 3. The van der Waals surface area contributed by atoms with Crippen LogP contribution < -0.4 is 5.32 Å². The van der Waals surface area contributed by atoms with E-state index in [1.54, 1.807) is 0 Å². The molecule has 2 heteroatoms. The lowest BCUT2D eigenvalue weighted by Crippen LogP contribution is -2.52. The molecular formula is C18H32N2. The van der Waals surface area contributed by atoms with Crippen LogP contribution in [0.4, 0.5) is 0 Å². The fourth-order valence-electron chi connectivity index (χ4n) is 3.56. The van der Waals surface area contributed by atoms with Gasteiger partial charge in [-0.3, -0.25) is 0 Å². The SMILES string of the molecule is CCC(CC)(C(NC)c1cc(C)c(C)cc1C)N(C)C. The Bertz CT molecular complexity index is 445. The summed E-state index contributed by atoms with van der Waals surface area (Å²) < 4.78 is 0. The molecule has 1 N–H and O–H groups in total. The summed E-state index contributed by atoms with van der Waals surface area (Å²) in [5.41, 5.74) is 5.74. The fraction of sp³-hybridized carbons (Fsp3) is 0.667. The van der Waals surface area contributed by atoms with Gasteiger partial charge in [-0.25, -0.2) is 0 Å². The molecule has 1 rings (SSSR count). The van der Waals surface area contributed by atoms with E-state index in [1.807, 2.05) is 0 Å². The smallest absolute Gasteiger partial charge is 0.0507 e. The van der Waals surface area contributed by atoms with Crippen molar-refractivity contribution in [2.75, 3.05) is 21.1 Å². The minimum absolute atomic E-state index is 0.154. The van der Waals surface area contributed by atoms with Crippen LogP contribution in [0.5, 0.6) is 0 Å². The van der Waals surface area contributed by atoms with Gasteiger partial charge in [0.1, 0.15) is 0 Å². The van der Waals surface area contributed by atoms with Crippen molar-refractivity contribution in [1.29, 1.82) is 0 Å². The minimum atomic E-state index is 0.154. The van der Waals surface area contributed by atoms with Crippen molar-refractivity contribution >= 4 is 0 Å². The molecule has 0 aromatic heterocycles. The van der Waals surface area contributed by atoms with Crippen LogP contribution in [0.1, 0.15) is 55.0 Å². The van der Waals surface area contributed by atoms with Gasteiger partial charge in [0.05, 0.1) is 6.04 Å². The number of hydrogen-bond acceptors (Lipinski definition) is 2. The molecule has 114 valence electrons. The van der Waals surface area contributed by atoms with E-state index in [0.29, 0.717) is 6.04 Å². The lowest BCUT2D eigenvalue weighted by molar-refractivity contribution is 0.0915. The second-order valence-electron chi connectivity index (χ2n) is 6.22. The molecular weight excluding hydrogens is 244 g/mol. The van der Waals surface area contributed by atoms with Gasteiger partial charge in [-0.2, -0.15) is 0 Å². The van der Waals surface area contributed by atoms with Crippen molar-refractivity contribution in [1.82, 2.24) is 10.2 Å². The van der Waals surface area contributed by atoms with Crippen LogP contribution in [0, 0.1) is 20.8 Å². The Labute approximate surface area is 125 Å². The summed E-state index contributed by atoms with van der Waals surface area (Å²) in [7, 11) is 6.49. The van der Waals surface area contributed by atoms with Crippen molar-refractivity contribution in [3.63, 3.8) is 0 Å². The standard InChI is InChI=1S/C18H32N2/c1-9-18(10-2,20(7)8)17(19-6)16-12-14(4)13(3)11-15(16)5/h11-12,17,19H,9-10H2,1-8H3. The second-order valence-corrected chi connectivity index (χ2v) is 6.22. The molecule has 0 aliphatic carbocycles. The first-order chi connectivity index (χ1) is 9.33. The summed E-state index contributed by atoms with van der Waals surface area (Å²) >= 11 is 0. The largest absolute Gasteiger partial charge is 0.311 e. The van der Waals surface area contributed by atoms with Crippen LogP contribution in [0.15, 0.2) is 12.1 Å². The van der Waals surface area contributed by atoms with E-state index in [4.69, 9.17) is 0 Å². The molecule has 1 aromatic rings. The van der Waals surface area contributed by atoms with Gasteiger partial charge in [0.25, 0.3) is 0 Å². The molecule has 0 saturated carbocycles. The number of hydrogen-bond donors (Lipinski definition) is 1. The summed E-state index contributed by atoms with van der Waals surface area (Å²) in [4.78, 5) is 2.39. The highest BCUT2D eigenvalue weighted by atomic mass is 15.2. The third-order valence-electron chi connectivity index (χ3n) is 5.13. The van der Waals surface area contributed by atoms with Crippen LogP contribution in [-0.4, -0.2) is 31.6 Å². The first kappa shape index (κ1) is 17.2. The zero-order valence-electron chi connectivity index (χ0n) is 14.6. The van der Waals surface area contributed by atoms with Gasteiger partial charge in [-0.05, 0) is 77.0 Å². The molecule has 0 spiro atoms. The van der Waals surface area contributed by atoms with Crippen molar-refractivity contribution in [3.05, 3.63) is 34.4 Å². The van der Waals surface area contributed by atoms with Gasteiger partial charge in [0.15, 0.2) is 0 Å². The Balaban J connectivity index is 3.41. The second kappa shape index (κ2) is 6.73. The van der Waals surface area contributed by atoms with E-state index in [2.05, 4.69) is 78.1 Å². The molecule has 0 aliphatic heterocycles. The Hall–Kier alpha value is -0.860. The first-order valence-corrected chi connectivity index (χ1v) is 7.76. The normalized spacial score (nSPS) is 13.8. The maximum atomic E-state index is 3.59. The van der Waals surface area contributed by atoms with E-state index in [9.17, 15) is 0 Å². The van der Waals surface area contributed by atoms with Crippen LogP contribution in [0.3, 0.4) is 0 Å². The molecule has 20 heavy (non-hydrogen) atoms. The number of benzene rings is 1. The quantitative estimate of drug-likeness (QED) is 0.845. The molecule has 0 radical (unpaired) electrons. The highest BCUT2D eigenvalue weighted by Gasteiger charge is 2.38. The van der Waals surface area contributed by atoms with E-state index in [-0.39, 0.29) is 5.54 Å². The van der Waals surface area contributed by atoms with E-state index < -0.39 is 0 Å². The Morgan fingerprint density at radius 3 is 1.90 bits per heavy atom. The predicted octanol–water partition coefficient (Wildman–Crippen LogP) is 3.99. The molecule has 1 unspecified atom stereocenters. The summed E-state index contributed by atoms with van der Waals surface area (Å²) in [6.07, 6.45) is 2.27. The highest BCUT2D eigenvalue weighted by Crippen LogP contribution is 2.37. The number of nitrogens with zero attached hydrogens (tertiary/aromatic N) is 1. The Morgan fingerprint density at radius 2 is 1.50 bits per heavy atom. The zero-order valence-corrected chi connectivity index (χ0v) is 14.6. The molecule has 1 atom stereocenters. The highest BCUT2D eigenvalue weighted by molar-refractivity contribution is 5.39. The maximum absolute atomic E-state index is 3.59. The minimum Gasteiger partial charge on any atom is -0.311 e. The van der Waals surface area contributed by atoms with Crippen LogP contribution in [-0.2, 0) is 0 Å². The van der Waals surface area contributed by atoms with Gasteiger partial charge in [0.2, 0.25) is 0 Å². The van der Waals surface area contributed by atoms with Crippen molar-refractivity contribution in [3.8, 4) is 0 Å². The molecule has 0 bridgehead atoms. The third kappa shape index (κ3) is 2.91. The lowest BCUT2D eigenvalue weighted by atomic mass is 9.78. The van der Waals surface area contributed by atoms with Crippen molar-refractivity contribution in [2.45, 2.75) is 59.0 Å². The summed E-state index contributed by atoms with van der Waals surface area (Å²) in [6, 6.07) is 5.04. The average molecular weight is 276 g/mol. The molecule has 0 aliphatic rings. The molecule has 0 heterocycles. The monoisotopic (exact) mass is 276 g/mol. The molecule has 0 saturated heterocycles. The third-order valence-corrected chi connectivity index (χ3v) is 5.13. The van der Waals surface area contributed by atoms with Crippen LogP contribution in [0.2, 0.25) is 0 Å². The molecule has 0 fully saturated rings. The fourth-order valence-corrected chi connectivity index (χ4v) is 3.56. The average Bonchev–Trinajstić information content (AvgIpc) is 2.40. The molecule has 2 nitrogen and oxygen atoms in total. The van der Waals surface area contributed by atoms with E-state index >= 15 is 0 Å². The van der Waals surface area contributed by atoms with Crippen molar-refractivity contribution in [2.24, 2.45) is 0 Å². The summed E-state index contributed by atoms with van der Waals surface area (Å²) in [5, 5.41) is 3.59. The number of rotatable bonds is 6. The lowest BCUT2D eigenvalue weighted by Gasteiger charge is -2.46. The van der Waals surface area contributed by atoms with Gasteiger partial charge in [-0.15, -0.1) is 0 Å². The van der Waals surface area contributed by atoms with Crippen molar-refractivity contribution < 1.29 is 0 Å². The maximum Gasteiger partial charge on any atom is 0.0507 e. The topological polar surface area (TPSA) is 15.3 Å². The Morgan fingerprint density at radius 1 is 1.00 bits per heavy atom. The number of likely N-dealkylation sites (N-methyl/N-ethyl adjacent to an activating group) is 2. The number of nitrogens with one attached hydrogen (secondary N) is 1. The van der Waals surface area contributed by atoms with Gasteiger partial charge >= 0.3 is 0 Å². The summed E-state index contributed by atoms with van der Waals surface area (Å²) in [5.74, 6) is 0.